The van der Waals surface area contributed by atoms with Crippen molar-refractivity contribution in [2.75, 3.05) is 13.2 Å². The van der Waals surface area contributed by atoms with Crippen LogP contribution in [0.1, 0.15) is 24.4 Å². The van der Waals surface area contributed by atoms with E-state index in [1.165, 1.54) is 17.4 Å². The molecule has 0 saturated heterocycles. The molecule has 3 aromatic rings. The number of hydrogen-bond acceptors (Lipinski definition) is 8. The number of benzene rings is 1. The number of thiazole rings is 1. The number of amides is 1. The summed E-state index contributed by atoms with van der Waals surface area (Å²) in [7, 11) is 0. The lowest BCUT2D eigenvalue weighted by Gasteiger charge is -2.06. The minimum atomic E-state index is -0.799. The van der Waals surface area contributed by atoms with Crippen LogP contribution < -0.4 is 9.54 Å². The molecular weight excluding hydrogens is 402 g/mol. The number of nitrogens with zero attached hydrogens (tertiary/aromatic N) is 3. The topological polar surface area (TPSA) is 126 Å². The molecule has 0 saturated carbocycles. The molecule has 3 rings (SSSR count). The van der Waals surface area contributed by atoms with Gasteiger partial charge in [0.1, 0.15) is 17.2 Å². The van der Waals surface area contributed by atoms with Gasteiger partial charge in [0.05, 0.1) is 29.5 Å². The van der Waals surface area contributed by atoms with Crippen LogP contribution in [-0.2, 0) is 16.1 Å². The molecule has 0 N–H and O–H groups in total. The number of nitro groups is 1. The Morgan fingerprint density at radius 2 is 2.03 bits per heavy atom. The zero-order valence-corrected chi connectivity index (χ0v) is 16.4. The monoisotopic (exact) mass is 419 g/mol. The number of rotatable bonds is 7. The van der Waals surface area contributed by atoms with Crippen molar-refractivity contribution in [3.63, 3.8) is 0 Å². The van der Waals surface area contributed by atoms with Gasteiger partial charge in [-0.2, -0.15) is 4.99 Å². The Morgan fingerprint density at radius 3 is 2.69 bits per heavy atom. The number of furan rings is 1. The zero-order chi connectivity index (χ0) is 21.0. The van der Waals surface area contributed by atoms with Crippen LogP contribution in [0.2, 0.25) is 0 Å². The van der Waals surface area contributed by atoms with Gasteiger partial charge in [0, 0.05) is 0 Å². The summed E-state index contributed by atoms with van der Waals surface area (Å²) in [5.41, 5.74) is 0.670. The highest BCUT2D eigenvalue weighted by Crippen LogP contribution is 2.24. The van der Waals surface area contributed by atoms with Crippen molar-refractivity contribution in [1.82, 2.24) is 4.57 Å². The summed E-state index contributed by atoms with van der Waals surface area (Å²) >= 11 is 1.17. The Labute approximate surface area is 168 Å². The summed E-state index contributed by atoms with van der Waals surface area (Å²) in [6, 6.07) is 7.56. The molecule has 2 heterocycles. The largest absolute Gasteiger partial charge is 0.494 e. The molecule has 1 amide bonds. The SMILES string of the molecule is CCOC(=O)Cn1c(=NC(=O)c2ccc([N+](=O)[O-])o2)sc2cc(OCC)ccc21. The highest BCUT2D eigenvalue weighted by atomic mass is 32.1. The first-order chi connectivity index (χ1) is 13.9. The third-order valence-electron chi connectivity index (χ3n) is 3.74. The number of carbonyl (C=O) groups excluding carboxylic acids is 2. The average Bonchev–Trinajstić information content (AvgIpc) is 3.28. The molecule has 0 fully saturated rings. The summed E-state index contributed by atoms with van der Waals surface area (Å²) in [5, 5.41) is 10.7. The van der Waals surface area contributed by atoms with Gasteiger partial charge >= 0.3 is 17.8 Å². The standard InChI is InChI=1S/C18H17N3O7S/c1-3-26-11-5-6-12-14(9-11)29-18(20(12)10-16(22)27-4-2)19-17(23)13-7-8-15(28-13)21(24)25/h5-9H,3-4,10H2,1-2H3. The van der Waals surface area contributed by atoms with Crippen molar-refractivity contribution in [2.24, 2.45) is 4.99 Å². The molecule has 0 unspecified atom stereocenters. The molecule has 0 radical (unpaired) electrons. The van der Waals surface area contributed by atoms with E-state index in [0.29, 0.717) is 17.9 Å². The highest BCUT2D eigenvalue weighted by molar-refractivity contribution is 7.16. The van der Waals surface area contributed by atoms with E-state index in [1.807, 2.05) is 6.92 Å². The number of fused-ring (bicyclic) bond motifs is 1. The number of carbonyl (C=O) groups is 2. The minimum absolute atomic E-state index is 0.147. The first-order valence-corrected chi connectivity index (χ1v) is 9.49. The van der Waals surface area contributed by atoms with Gasteiger partial charge in [-0.3, -0.25) is 19.7 Å². The number of hydrogen-bond donors (Lipinski definition) is 0. The van der Waals surface area contributed by atoms with Gasteiger partial charge < -0.3 is 18.5 Å². The maximum atomic E-state index is 12.4. The van der Waals surface area contributed by atoms with Crippen LogP contribution in [0.25, 0.3) is 10.2 Å². The van der Waals surface area contributed by atoms with E-state index >= 15 is 0 Å². The van der Waals surface area contributed by atoms with Gasteiger partial charge in [-0.25, -0.2) is 0 Å². The van der Waals surface area contributed by atoms with Crippen LogP contribution >= 0.6 is 11.3 Å². The van der Waals surface area contributed by atoms with Gasteiger partial charge in [0.15, 0.2) is 4.80 Å². The Bertz CT molecular complexity index is 1140. The van der Waals surface area contributed by atoms with Crippen molar-refractivity contribution >= 4 is 39.3 Å². The minimum Gasteiger partial charge on any atom is -0.494 e. The third kappa shape index (κ3) is 4.51. The molecule has 10 nitrogen and oxygen atoms in total. The highest BCUT2D eigenvalue weighted by Gasteiger charge is 2.18. The van der Waals surface area contributed by atoms with Crippen molar-refractivity contribution in [1.29, 1.82) is 0 Å². The molecule has 0 atom stereocenters. The van der Waals surface area contributed by atoms with E-state index in [4.69, 9.17) is 13.9 Å². The Morgan fingerprint density at radius 1 is 1.24 bits per heavy atom. The summed E-state index contributed by atoms with van der Waals surface area (Å²) in [6.07, 6.45) is 0. The van der Waals surface area contributed by atoms with Gasteiger partial charge in [0.25, 0.3) is 0 Å². The Kier molecular flexibility index (Phi) is 6.07. The lowest BCUT2D eigenvalue weighted by molar-refractivity contribution is -0.402. The molecule has 0 bridgehead atoms. The first kappa shape index (κ1) is 20.3. The second-order valence-electron chi connectivity index (χ2n) is 5.65. The fourth-order valence-corrected chi connectivity index (χ4v) is 3.62. The first-order valence-electron chi connectivity index (χ1n) is 8.68. The fourth-order valence-electron chi connectivity index (χ4n) is 2.57. The second-order valence-corrected chi connectivity index (χ2v) is 6.66. The van der Waals surface area contributed by atoms with Gasteiger partial charge in [-0.1, -0.05) is 11.3 Å². The summed E-state index contributed by atoms with van der Waals surface area (Å²) in [5.74, 6) is -1.47. The molecule has 1 aromatic carbocycles. The van der Waals surface area contributed by atoms with Crippen molar-refractivity contribution < 1.29 is 28.4 Å². The van der Waals surface area contributed by atoms with Gasteiger partial charge in [0.2, 0.25) is 5.76 Å². The smallest absolute Gasteiger partial charge is 0.433 e. The normalized spacial score (nSPS) is 11.6. The van der Waals surface area contributed by atoms with E-state index in [2.05, 4.69) is 4.99 Å². The molecule has 2 aromatic heterocycles. The molecule has 0 aliphatic rings. The molecule has 0 aliphatic heterocycles. The quantitative estimate of drug-likeness (QED) is 0.327. The lowest BCUT2D eigenvalue weighted by atomic mass is 10.3. The number of esters is 1. The van der Waals surface area contributed by atoms with Crippen LogP contribution in [-0.4, -0.2) is 34.6 Å². The van der Waals surface area contributed by atoms with Crippen LogP contribution in [0, 0.1) is 10.1 Å². The van der Waals surface area contributed by atoms with Gasteiger partial charge in [-0.05, 0) is 38.1 Å². The third-order valence-corrected chi connectivity index (χ3v) is 4.78. The maximum absolute atomic E-state index is 12.4. The van der Waals surface area contributed by atoms with E-state index in [0.717, 1.165) is 10.8 Å². The van der Waals surface area contributed by atoms with Crippen LogP contribution in [0.3, 0.4) is 0 Å². The predicted octanol–water partition coefficient (Wildman–Crippen LogP) is 2.91. The number of aromatic nitrogens is 1. The van der Waals surface area contributed by atoms with Crippen molar-refractivity contribution in [2.45, 2.75) is 20.4 Å². The lowest BCUT2D eigenvalue weighted by Crippen LogP contribution is -2.23. The molecule has 152 valence electrons. The zero-order valence-electron chi connectivity index (χ0n) is 15.6. The Balaban J connectivity index is 2.07. The van der Waals surface area contributed by atoms with Crippen LogP contribution in [0.5, 0.6) is 5.75 Å². The van der Waals surface area contributed by atoms with Crippen molar-refractivity contribution in [3.05, 3.63) is 51.0 Å². The van der Waals surface area contributed by atoms with Crippen LogP contribution in [0.15, 0.2) is 39.7 Å². The maximum Gasteiger partial charge on any atom is 0.433 e. The molecule has 0 spiro atoms. The van der Waals surface area contributed by atoms with E-state index in [-0.39, 0.29) is 23.7 Å². The van der Waals surface area contributed by atoms with Gasteiger partial charge in [-0.15, -0.1) is 0 Å². The molecular formula is C18H17N3O7S. The van der Waals surface area contributed by atoms with Crippen molar-refractivity contribution in [3.8, 4) is 5.75 Å². The van der Waals surface area contributed by atoms with E-state index in [9.17, 15) is 19.7 Å². The summed E-state index contributed by atoms with van der Waals surface area (Å²) in [4.78, 5) is 38.7. The average molecular weight is 419 g/mol. The molecule has 11 heteroatoms. The Hall–Kier alpha value is -3.47. The fraction of sp³-hybridized carbons (Fsp3) is 0.278. The van der Waals surface area contributed by atoms with E-state index in [1.54, 1.807) is 29.7 Å². The summed E-state index contributed by atoms with van der Waals surface area (Å²) in [6.45, 7) is 4.12. The second kappa shape index (κ2) is 8.69. The molecule has 0 aliphatic carbocycles. The van der Waals surface area contributed by atoms with Crippen LogP contribution in [0.4, 0.5) is 5.88 Å². The number of ether oxygens (including phenoxy) is 2. The summed E-state index contributed by atoms with van der Waals surface area (Å²) < 4.78 is 17.7. The van der Waals surface area contributed by atoms with E-state index < -0.39 is 22.7 Å². The molecule has 29 heavy (non-hydrogen) atoms. The predicted molar refractivity (Wildman–Crippen MR) is 103 cm³/mol.